The zero-order chi connectivity index (χ0) is 27.2. The first-order valence-corrected chi connectivity index (χ1v) is 14.2. The van der Waals surface area contributed by atoms with E-state index in [-0.39, 0.29) is 29.9 Å². The maximum absolute atomic E-state index is 12.8. The summed E-state index contributed by atoms with van der Waals surface area (Å²) < 4.78 is 27.4. The summed E-state index contributed by atoms with van der Waals surface area (Å²) in [6.07, 6.45) is 3.62. The molecule has 0 radical (unpaired) electrons. The van der Waals surface area contributed by atoms with E-state index in [0.717, 1.165) is 27.8 Å². The molecule has 1 aliphatic rings. The first-order valence-electron chi connectivity index (χ1n) is 12.3. The van der Waals surface area contributed by atoms with E-state index in [2.05, 4.69) is 15.5 Å². The Labute approximate surface area is 220 Å². The number of sulfonamides is 1. The highest BCUT2D eigenvalue weighted by Crippen LogP contribution is 2.36. The normalized spacial score (nSPS) is 16.2. The molecule has 1 fully saturated rings. The number of nitrogens with zero attached hydrogens (tertiary/aromatic N) is 3. The van der Waals surface area contributed by atoms with Gasteiger partial charge in [0.25, 0.3) is 11.5 Å². The van der Waals surface area contributed by atoms with Crippen molar-refractivity contribution >= 4 is 32.7 Å². The SMILES string of the molecule is Cc1ccc(C)c(C(=O)NCc2ccc(-c3cn([C@@H]4CCN(S(C)(=O)=O)C4)c4c(=O)[nH]nc(N)c34)cc2)c1. The molecule has 5 rings (SSSR count). The Hall–Kier alpha value is -3.96. The van der Waals surface area contributed by atoms with Gasteiger partial charge in [0.05, 0.1) is 11.6 Å². The summed E-state index contributed by atoms with van der Waals surface area (Å²) in [6.45, 7) is 4.90. The molecule has 198 valence electrons. The highest BCUT2D eigenvalue weighted by molar-refractivity contribution is 7.88. The zero-order valence-corrected chi connectivity index (χ0v) is 22.3. The summed E-state index contributed by atoms with van der Waals surface area (Å²) in [5, 5.41) is 9.92. The van der Waals surface area contributed by atoms with Crippen LogP contribution in [-0.4, -0.2) is 52.7 Å². The fraction of sp³-hybridized carbons (Fsp3) is 0.296. The van der Waals surface area contributed by atoms with Gasteiger partial charge >= 0.3 is 0 Å². The second-order valence-electron chi connectivity index (χ2n) is 9.87. The lowest BCUT2D eigenvalue weighted by atomic mass is 10.0. The first kappa shape index (κ1) is 25.7. The molecule has 2 aromatic heterocycles. The number of H-pyrrole nitrogens is 1. The summed E-state index contributed by atoms with van der Waals surface area (Å²) in [5.74, 6) is 0.0623. The molecule has 0 aliphatic carbocycles. The lowest BCUT2D eigenvalue weighted by Crippen LogP contribution is -2.28. The van der Waals surface area contributed by atoms with Crippen molar-refractivity contribution in [3.63, 3.8) is 0 Å². The van der Waals surface area contributed by atoms with Gasteiger partial charge in [0, 0.05) is 43.0 Å². The second-order valence-corrected chi connectivity index (χ2v) is 11.9. The predicted molar refractivity (Wildman–Crippen MR) is 147 cm³/mol. The van der Waals surface area contributed by atoms with Crippen LogP contribution in [0.4, 0.5) is 5.82 Å². The molecule has 0 spiro atoms. The number of aryl methyl sites for hydroxylation is 2. The maximum atomic E-state index is 12.8. The van der Waals surface area contributed by atoms with Gasteiger partial charge in [-0.25, -0.2) is 17.8 Å². The number of nitrogens with one attached hydrogen (secondary N) is 2. The lowest BCUT2D eigenvalue weighted by Gasteiger charge is -2.15. The molecule has 4 N–H and O–H groups in total. The number of benzene rings is 2. The minimum Gasteiger partial charge on any atom is -0.382 e. The third-order valence-corrected chi connectivity index (χ3v) is 8.40. The third-order valence-electron chi connectivity index (χ3n) is 7.13. The number of carbonyl (C=O) groups excluding carboxylic acids is 1. The minimum absolute atomic E-state index is 0.129. The molecule has 0 saturated carbocycles. The van der Waals surface area contributed by atoms with Crippen molar-refractivity contribution in [2.24, 2.45) is 0 Å². The highest BCUT2D eigenvalue weighted by atomic mass is 32.2. The fourth-order valence-corrected chi connectivity index (χ4v) is 5.92. The number of carbonyl (C=O) groups is 1. The van der Waals surface area contributed by atoms with E-state index >= 15 is 0 Å². The number of hydrogen-bond donors (Lipinski definition) is 3. The summed E-state index contributed by atoms with van der Waals surface area (Å²) in [6, 6.07) is 13.2. The van der Waals surface area contributed by atoms with Crippen molar-refractivity contribution in [1.29, 1.82) is 0 Å². The average molecular weight is 535 g/mol. The lowest BCUT2D eigenvalue weighted by molar-refractivity contribution is 0.0950. The summed E-state index contributed by atoms with van der Waals surface area (Å²) in [4.78, 5) is 25.5. The van der Waals surface area contributed by atoms with Gasteiger partial charge in [-0.3, -0.25) is 9.59 Å². The van der Waals surface area contributed by atoms with Gasteiger partial charge < -0.3 is 15.6 Å². The van der Waals surface area contributed by atoms with Gasteiger partial charge in [0.1, 0.15) is 5.52 Å². The Morgan fingerprint density at radius 2 is 1.92 bits per heavy atom. The molecule has 1 amide bonds. The van der Waals surface area contributed by atoms with Gasteiger partial charge in [0.15, 0.2) is 5.82 Å². The molecular weight excluding hydrogens is 504 g/mol. The molecule has 1 saturated heterocycles. The topological polar surface area (TPSA) is 143 Å². The number of aromatic amines is 1. The number of nitrogen functional groups attached to an aromatic ring is 1. The Morgan fingerprint density at radius 3 is 2.61 bits per heavy atom. The van der Waals surface area contributed by atoms with Gasteiger partial charge in [-0.15, -0.1) is 0 Å². The number of fused-ring (bicyclic) bond motifs is 1. The molecule has 38 heavy (non-hydrogen) atoms. The smallest absolute Gasteiger partial charge is 0.288 e. The molecule has 2 aromatic carbocycles. The van der Waals surface area contributed by atoms with E-state index in [1.54, 1.807) is 0 Å². The standard InChI is InChI=1S/C27H30N6O4S/c1-16-4-5-17(2)21(12-16)26(34)29-13-18-6-8-19(9-7-18)22-15-33(20-10-11-32(14-20)38(3,36)37)24-23(22)25(28)30-31-27(24)35/h4-9,12,15,20H,10-11,13-14H2,1-3H3,(H2,28,30)(H,29,34)(H,31,35)/t20-/m1/s1. The van der Waals surface area contributed by atoms with Gasteiger partial charge in [-0.1, -0.05) is 42.0 Å². The number of anilines is 1. The highest BCUT2D eigenvalue weighted by Gasteiger charge is 2.31. The number of amides is 1. The van der Waals surface area contributed by atoms with Crippen LogP contribution in [0.1, 0.15) is 39.5 Å². The second kappa shape index (κ2) is 9.73. The van der Waals surface area contributed by atoms with Crippen molar-refractivity contribution < 1.29 is 13.2 Å². The molecule has 11 heteroatoms. The molecule has 4 aromatic rings. The van der Waals surface area contributed by atoms with E-state index in [0.29, 0.717) is 36.0 Å². The monoisotopic (exact) mass is 534 g/mol. The average Bonchev–Trinajstić information content (AvgIpc) is 3.53. The van der Waals surface area contributed by atoms with Crippen molar-refractivity contribution in [3.05, 3.63) is 81.3 Å². The van der Waals surface area contributed by atoms with Crippen molar-refractivity contribution in [2.45, 2.75) is 32.9 Å². The van der Waals surface area contributed by atoms with Crippen LogP contribution in [0.5, 0.6) is 0 Å². The van der Waals surface area contributed by atoms with Crippen LogP contribution in [0.3, 0.4) is 0 Å². The van der Waals surface area contributed by atoms with Gasteiger partial charge in [-0.05, 0) is 43.0 Å². The molecule has 0 unspecified atom stereocenters. The van der Waals surface area contributed by atoms with E-state index in [1.807, 2.05) is 67.1 Å². The van der Waals surface area contributed by atoms with Crippen molar-refractivity contribution in [3.8, 4) is 11.1 Å². The molecular formula is C27H30N6O4S. The summed E-state index contributed by atoms with van der Waals surface area (Å²) >= 11 is 0. The molecule has 10 nitrogen and oxygen atoms in total. The minimum atomic E-state index is -3.33. The fourth-order valence-electron chi connectivity index (χ4n) is 5.04. The van der Waals surface area contributed by atoms with Gasteiger partial charge in [0.2, 0.25) is 10.0 Å². The number of rotatable bonds is 6. The molecule has 3 heterocycles. The quantitative estimate of drug-likeness (QED) is 0.347. The first-order chi connectivity index (χ1) is 18.0. The van der Waals surface area contributed by atoms with Gasteiger partial charge in [-0.2, -0.15) is 5.10 Å². The Balaban J connectivity index is 1.43. The van der Waals surface area contributed by atoms with E-state index in [9.17, 15) is 18.0 Å². The van der Waals surface area contributed by atoms with Crippen LogP contribution in [0, 0.1) is 13.8 Å². The molecule has 1 aliphatic heterocycles. The number of aromatic nitrogens is 3. The van der Waals surface area contributed by atoms with Crippen LogP contribution in [0.15, 0.2) is 53.5 Å². The predicted octanol–water partition coefficient (Wildman–Crippen LogP) is 2.73. The van der Waals surface area contributed by atoms with Crippen LogP contribution < -0.4 is 16.6 Å². The maximum Gasteiger partial charge on any atom is 0.288 e. The van der Waals surface area contributed by atoms with E-state index in [4.69, 9.17) is 5.73 Å². The summed E-state index contributed by atoms with van der Waals surface area (Å²) in [7, 11) is -3.33. The van der Waals surface area contributed by atoms with Crippen LogP contribution in [-0.2, 0) is 16.6 Å². The Morgan fingerprint density at radius 1 is 1.18 bits per heavy atom. The Bertz CT molecular complexity index is 1710. The van der Waals surface area contributed by atoms with Crippen molar-refractivity contribution in [1.82, 2.24) is 24.4 Å². The van der Waals surface area contributed by atoms with Crippen LogP contribution in [0.2, 0.25) is 0 Å². The number of hydrogen-bond acceptors (Lipinski definition) is 6. The summed E-state index contributed by atoms with van der Waals surface area (Å²) in [5.41, 5.74) is 11.3. The Kier molecular flexibility index (Phi) is 6.58. The zero-order valence-electron chi connectivity index (χ0n) is 21.5. The third kappa shape index (κ3) is 4.82. The van der Waals surface area contributed by atoms with Crippen LogP contribution in [0.25, 0.3) is 22.0 Å². The number of nitrogens with two attached hydrogens (primary N) is 1. The molecule has 1 atom stereocenters. The van der Waals surface area contributed by atoms with Crippen molar-refractivity contribution in [2.75, 3.05) is 25.1 Å². The molecule has 0 bridgehead atoms. The van der Waals surface area contributed by atoms with E-state index < -0.39 is 10.0 Å². The van der Waals surface area contributed by atoms with E-state index in [1.165, 1.54) is 10.6 Å². The largest absolute Gasteiger partial charge is 0.382 e. The van der Waals surface area contributed by atoms with Crippen LogP contribution >= 0.6 is 0 Å².